The molecule has 0 spiro atoms. The van der Waals surface area contributed by atoms with Crippen molar-refractivity contribution in [3.05, 3.63) is 48.5 Å². The van der Waals surface area contributed by atoms with Gasteiger partial charge in [0.05, 0.1) is 31.3 Å². The first-order valence-corrected chi connectivity index (χ1v) is 12.0. The van der Waals surface area contributed by atoms with Crippen LogP contribution in [0.5, 0.6) is 5.75 Å². The van der Waals surface area contributed by atoms with Crippen molar-refractivity contribution in [2.24, 2.45) is 0 Å². The monoisotopic (exact) mass is 447 g/mol. The summed E-state index contributed by atoms with van der Waals surface area (Å²) in [6, 6.07) is 14.1. The van der Waals surface area contributed by atoms with Crippen LogP contribution in [0.1, 0.15) is 13.8 Å². The molecule has 0 radical (unpaired) electrons. The van der Waals surface area contributed by atoms with Crippen molar-refractivity contribution in [2.45, 2.75) is 20.0 Å². The summed E-state index contributed by atoms with van der Waals surface area (Å²) < 4.78 is 36.6. The number of nitrogens with zero attached hydrogens (tertiary/aromatic N) is 2. The quantitative estimate of drug-likeness (QED) is 0.670. The number of hydrogen-bond acceptors (Lipinski definition) is 6. The molecule has 9 heteroatoms. The maximum atomic E-state index is 12.6. The summed E-state index contributed by atoms with van der Waals surface area (Å²) in [5.41, 5.74) is 2.07. The van der Waals surface area contributed by atoms with Gasteiger partial charge in [0.25, 0.3) is 0 Å². The lowest BCUT2D eigenvalue weighted by molar-refractivity contribution is -0.114. The number of hydrogen-bond donors (Lipinski definition) is 1. The smallest absolute Gasteiger partial charge is 0.245 e. The van der Waals surface area contributed by atoms with Gasteiger partial charge >= 0.3 is 0 Å². The molecule has 168 valence electrons. The highest BCUT2D eigenvalue weighted by atomic mass is 32.2. The maximum absolute atomic E-state index is 12.6. The molecule has 0 aromatic heterocycles. The minimum atomic E-state index is -3.65. The summed E-state index contributed by atoms with van der Waals surface area (Å²) >= 11 is 0. The zero-order chi connectivity index (χ0) is 22.4. The van der Waals surface area contributed by atoms with E-state index in [1.165, 1.54) is 0 Å². The summed E-state index contributed by atoms with van der Waals surface area (Å²) in [6.45, 7) is 6.55. The molecule has 2 aromatic rings. The first-order valence-electron chi connectivity index (χ1n) is 10.2. The van der Waals surface area contributed by atoms with Crippen LogP contribution in [0.3, 0.4) is 0 Å². The van der Waals surface area contributed by atoms with Crippen molar-refractivity contribution in [3.8, 4) is 5.75 Å². The van der Waals surface area contributed by atoms with E-state index < -0.39 is 15.9 Å². The number of rotatable bonds is 8. The van der Waals surface area contributed by atoms with E-state index in [9.17, 15) is 13.2 Å². The fourth-order valence-corrected chi connectivity index (χ4v) is 4.13. The molecule has 8 nitrogen and oxygen atoms in total. The lowest BCUT2D eigenvalue weighted by Crippen LogP contribution is -2.37. The third-order valence-corrected chi connectivity index (χ3v) is 5.85. The Hall–Kier alpha value is -2.78. The van der Waals surface area contributed by atoms with Crippen LogP contribution in [0.2, 0.25) is 0 Å². The van der Waals surface area contributed by atoms with Crippen molar-refractivity contribution in [3.63, 3.8) is 0 Å². The second-order valence-corrected chi connectivity index (χ2v) is 9.53. The van der Waals surface area contributed by atoms with Gasteiger partial charge in [0, 0.05) is 24.5 Å². The predicted octanol–water partition coefficient (Wildman–Crippen LogP) is 2.72. The molecule has 2 aromatic carbocycles. The molecule has 1 N–H and O–H groups in total. The first-order chi connectivity index (χ1) is 14.7. The number of morpholine rings is 1. The van der Waals surface area contributed by atoms with E-state index in [2.05, 4.69) is 10.2 Å². The van der Waals surface area contributed by atoms with E-state index in [1.54, 1.807) is 24.3 Å². The molecule has 0 bridgehead atoms. The van der Waals surface area contributed by atoms with Gasteiger partial charge < -0.3 is 19.7 Å². The van der Waals surface area contributed by atoms with Gasteiger partial charge in [0.2, 0.25) is 15.9 Å². The van der Waals surface area contributed by atoms with E-state index in [-0.39, 0.29) is 12.6 Å². The molecule has 0 aliphatic carbocycles. The van der Waals surface area contributed by atoms with E-state index >= 15 is 0 Å². The standard InChI is InChI=1S/C22H29N3O5S/c1-17(2)30-21-10-8-20(9-11-21)25(31(3,27)28)16-22(26)23-18-4-6-19(7-5-18)24-12-14-29-15-13-24/h4-11,17H,12-16H2,1-3H3,(H,23,26). The van der Waals surface area contributed by atoms with E-state index in [0.29, 0.717) is 30.3 Å². The highest BCUT2D eigenvalue weighted by Crippen LogP contribution is 2.23. The molecular formula is C22H29N3O5S. The van der Waals surface area contributed by atoms with Gasteiger partial charge in [-0.3, -0.25) is 9.10 Å². The molecule has 0 atom stereocenters. The Kier molecular flexibility index (Phi) is 7.40. The number of sulfonamides is 1. The van der Waals surface area contributed by atoms with E-state index in [4.69, 9.17) is 9.47 Å². The van der Waals surface area contributed by atoms with Crippen molar-refractivity contribution in [2.75, 3.05) is 53.6 Å². The van der Waals surface area contributed by atoms with Crippen LogP contribution < -0.4 is 19.3 Å². The average Bonchev–Trinajstić information content (AvgIpc) is 2.73. The summed E-state index contributed by atoms with van der Waals surface area (Å²) in [5, 5.41) is 2.77. The van der Waals surface area contributed by atoms with Crippen LogP contribution in [0.25, 0.3) is 0 Å². The average molecular weight is 448 g/mol. The second-order valence-electron chi connectivity index (χ2n) is 7.62. The van der Waals surface area contributed by atoms with Crippen molar-refractivity contribution in [1.82, 2.24) is 0 Å². The van der Waals surface area contributed by atoms with E-state index in [0.717, 1.165) is 29.3 Å². The molecule has 1 aliphatic heterocycles. The fraction of sp³-hybridized carbons (Fsp3) is 0.409. The lowest BCUT2D eigenvalue weighted by Gasteiger charge is -2.29. The highest BCUT2D eigenvalue weighted by Gasteiger charge is 2.21. The van der Waals surface area contributed by atoms with Gasteiger partial charge in [-0.15, -0.1) is 0 Å². The summed E-state index contributed by atoms with van der Waals surface area (Å²) in [5.74, 6) is 0.212. The Morgan fingerprint density at radius 2 is 1.71 bits per heavy atom. The van der Waals surface area contributed by atoms with Crippen LogP contribution in [-0.4, -0.2) is 59.5 Å². The SMILES string of the molecule is CC(C)Oc1ccc(N(CC(=O)Nc2ccc(N3CCOCC3)cc2)S(C)(=O)=O)cc1. The van der Waals surface area contributed by atoms with Crippen molar-refractivity contribution >= 4 is 33.0 Å². The molecule has 31 heavy (non-hydrogen) atoms. The topological polar surface area (TPSA) is 88.2 Å². The molecule has 3 rings (SSSR count). The number of ether oxygens (including phenoxy) is 2. The number of amides is 1. The van der Waals surface area contributed by atoms with Gasteiger partial charge in [0.15, 0.2) is 0 Å². The summed E-state index contributed by atoms with van der Waals surface area (Å²) in [7, 11) is -3.65. The Labute approximate surface area is 183 Å². The zero-order valence-corrected chi connectivity index (χ0v) is 18.9. The molecule has 1 heterocycles. The number of nitrogens with one attached hydrogen (secondary N) is 1. The summed E-state index contributed by atoms with van der Waals surface area (Å²) in [4.78, 5) is 14.8. The minimum absolute atomic E-state index is 0.0114. The fourth-order valence-electron chi connectivity index (χ4n) is 3.27. The van der Waals surface area contributed by atoms with Crippen LogP contribution >= 0.6 is 0 Å². The van der Waals surface area contributed by atoms with E-state index in [1.807, 2.05) is 38.1 Å². The Morgan fingerprint density at radius 3 is 2.26 bits per heavy atom. The van der Waals surface area contributed by atoms with Crippen molar-refractivity contribution in [1.29, 1.82) is 0 Å². The van der Waals surface area contributed by atoms with Crippen molar-refractivity contribution < 1.29 is 22.7 Å². The molecule has 1 saturated heterocycles. The minimum Gasteiger partial charge on any atom is -0.491 e. The maximum Gasteiger partial charge on any atom is 0.245 e. The molecule has 0 saturated carbocycles. The number of benzene rings is 2. The Morgan fingerprint density at radius 1 is 1.10 bits per heavy atom. The molecular weight excluding hydrogens is 418 g/mol. The normalized spacial score (nSPS) is 14.4. The van der Waals surface area contributed by atoms with Crippen LogP contribution in [0.15, 0.2) is 48.5 Å². The Balaban J connectivity index is 1.65. The molecule has 1 amide bonds. The van der Waals surface area contributed by atoms with Crippen LogP contribution in [0, 0.1) is 0 Å². The molecule has 0 unspecified atom stereocenters. The van der Waals surface area contributed by atoms with Crippen LogP contribution in [-0.2, 0) is 19.6 Å². The zero-order valence-electron chi connectivity index (χ0n) is 18.1. The largest absolute Gasteiger partial charge is 0.491 e. The van der Waals surface area contributed by atoms with Gasteiger partial charge in [-0.1, -0.05) is 0 Å². The molecule has 1 fully saturated rings. The van der Waals surface area contributed by atoms with Gasteiger partial charge in [-0.25, -0.2) is 8.42 Å². The summed E-state index contributed by atoms with van der Waals surface area (Å²) in [6.07, 6.45) is 1.09. The second kappa shape index (κ2) is 10.0. The molecule has 1 aliphatic rings. The van der Waals surface area contributed by atoms with Crippen LogP contribution in [0.4, 0.5) is 17.1 Å². The number of anilines is 3. The number of carbonyl (C=O) groups is 1. The Bertz CT molecular complexity index is 969. The highest BCUT2D eigenvalue weighted by molar-refractivity contribution is 7.92. The lowest BCUT2D eigenvalue weighted by atomic mass is 10.2. The van der Waals surface area contributed by atoms with Gasteiger partial charge in [-0.2, -0.15) is 0 Å². The third kappa shape index (κ3) is 6.60. The first kappa shape index (κ1) is 22.9. The van der Waals surface area contributed by atoms with Gasteiger partial charge in [0.1, 0.15) is 12.3 Å². The van der Waals surface area contributed by atoms with Gasteiger partial charge in [-0.05, 0) is 62.4 Å². The predicted molar refractivity (Wildman–Crippen MR) is 122 cm³/mol. The third-order valence-electron chi connectivity index (χ3n) is 4.71. The number of carbonyl (C=O) groups excluding carboxylic acids is 1.